The highest BCUT2D eigenvalue weighted by molar-refractivity contribution is 5.92. The summed E-state index contributed by atoms with van der Waals surface area (Å²) in [4.78, 5) is 18.9. The minimum atomic E-state index is -0.142. The van der Waals surface area contributed by atoms with E-state index in [1.165, 1.54) is 5.56 Å². The van der Waals surface area contributed by atoms with Gasteiger partial charge in [-0.3, -0.25) is 14.7 Å². The van der Waals surface area contributed by atoms with Crippen LogP contribution in [0.1, 0.15) is 67.4 Å². The third-order valence-corrected chi connectivity index (χ3v) is 4.93. The van der Waals surface area contributed by atoms with Crippen LogP contribution >= 0.6 is 0 Å². The number of aromatic nitrogens is 2. The number of hydrogen-bond acceptors (Lipinski definition) is 5. The molecule has 0 aliphatic carbocycles. The molecule has 0 radical (unpaired) electrons. The van der Waals surface area contributed by atoms with Crippen LogP contribution in [0, 0.1) is 0 Å². The fourth-order valence-electron chi connectivity index (χ4n) is 3.21. The van der Waals surface area contributed by atoms with E-state index in [9.17, 15) is 4.79 Å². The van der Waals surface area contributed by atoms with Gasteiger partial charge in [0.15, 0.2) is 5.69 Å². The molecular formula is C19H26N4O2. The number of hydrogen-bond donors (Lipinski definition) is 1. The topological polar surface area (TPSA) is 71.3 Å². The van der Waals surface area contributed by atoms with Gasteiger partial charge in [-0.05, 0) is 37.5 Å². The molecule has 0 saturated carbocycles. The van der Waals surface area contributed by atoms with Crippen molar-refractivity contribution in [2.24, 2.45) is 0 Å². The van der Waals surface area contributed by atoms with Crippen molar-refractivity contribution in [3.63, 3.8) is 0 Å². The minimum Gasteiger partial charge on any atom is -0.360 e. The first-order chi connectivity index (χ1) is 12.0. The van der Waals surface area contributed by atoms with Crippen molar-refractivity contribution in [2.45, 2.75) is 51.6 Å². The summed E-state index contributed by atoms with van der Waals surface area (Å²) in [6.07, 6.45) is 5.55. The van der Waals surface area contributed by atoms with Crippen LogP contribution in [-0.2, 0) is 0 Å². The number of nitrogens with one attached hydrogen (secondary N) is 1. The Labute approximate surface area is 148 Å². The van der Waals surface area contributed by atoms with Gasteiger partial charge in [-0.1, -0.05) is 19.0 Å². The van der Waals surface area contributed by atoms with Gasteiger partial charge in [0, 0.05) is 49.6 Å². The molecule has 3 heterocycles. The molecule has 2 aromatic heterocycles. The van der Waals surface area contributed by atoms with E-state index in [-0.39, 0.29) is 17.9 Å². The highest BCUT2D eigenvalue weighted by Gasteiger charge is 2.25. The zero-order valence-electron chi connectivity index (χ0n) is 15.1. The SMILES string of the molecule is CC(C)c1cc(C(=O)NC2CCN([C@@H](C)c3ccncc3)CC2)no1. The summed E-state index contributed by atoms with van der Waals surface area (Å²) in [6, 6.07) is 6.42. The van der Waals surface area contributed by atoms with Crippen LogP contribution in [0.2, 0.25) is 0 Å². The number of piperidine rings is 1. The summed E-state index contributed by atoms with van der Waals surface area (Å²) in [6.45, 7) is 8.18. The molecule has 3 rings (SSSR count). The van der Waals surface area contributed by atoms with Crippen LogP contribution in [0.4, 0.5) is 0 Å². The van der Waals surface area contributed by atoms with Gasteiger partial charge in [0.25, 0.3) is 5.91 Å². The molecular weight excluding hydrogens is 316 g/mol. The van der Waals surface area contributed by atoms with Crippen molar-refractivity contribution in [2.75, 3.05) is 13.1 Å². The maximum absolute atomic E-state index is 12.3. The molecule has 0 bridgehead atoms. The third-order valence-electron chi connectivity index (χ3n) is 4.93. The van der Waals surface area contributed by atoms with Crippen molar-refractivity contribution < 1.29 is 9.32 Å². The number of carbonyl (C=O) groups is 1. The molecule has 0 aromatic carbocycles. The molecule has 1 aliphatic heterocycles. The second-order valence-corrected chi connectivity index (χ2v) is 7.01. The van der Waals surface area contributed by atoms with Crippen molar-refractivity contribution >= 4 is 5.91 Å². The molecule has 1 atom stereocenters. The molecule has 1 fully saturated rings. The van der Waals surface area contributed by atoms with Crippen LogP contribution in [0.3, 0.4) is 0 Å². The summed E-state index contributed by atoms with van der Waals surface area (Å²) in [5, 5.41) is 6.97. The Morgan fingerprint density at radius 3 is 2.52 bits per heavy atom. The number of nitrogens with zero attached hydrogens (tertiary/aromatic N) is 3. The normalized spacial score (nSPS) is 17.6. The van der Waals surface area contributed by atoms with E-state index < -0.39 is 0 Å². The lowest BCUT2D eigenvalue weighted by Gasteiger charge is -2.36. The molecule has 2 aromatic rings. The van der Waals surface area contributed by atoms with Gasteiger partial charge in [-0.2, -0.15) is 0 Å². The number of amides is 1. The zero-order chi connectivity index (χ0) is 17.8. The standard InChI is InChI=1S/C19H26N4O2/c1-13(2)18-12-17(22-25-18)19(24)21-16-6-10-23(11-7-16)14(3)15-4-8-20-9-5-15/h4-5,8-9,12-14,16H,6-7,10-11H2,1-3H3,(H,21,24)/t14-/m0/s1. The lowest BCUT2D eigenvalue weighted by molar-refractivity contribution is 0.0887. The van der Waals surface area contributed by atoms with Crippen molar-refractivity contribution in [1.29, 1.82) is 0 Å². The second-order valence-electron chi connectivity index (χ2n) is 7.01. The Balaban J connectivity index is 1.51. The molecule has 134 valence electrons. The van der Waals surface area contributed by atoms with E-state index in [0.717, 1.165) is 31.7 Å². The van der Waals surface area contributed by atoms with E-state index in [1.807, 2.05) is 26.2 Å². The first kappa shape index (κ1) is 17.6. The van der Waals surface area contributed by atoms with Gasteiger partial charge in [0.1, 0.15) is 5.76 Å². The van der Waals surface area contributed by atoms with E-state index >= 15 is 0 Å². The minimum absolute atomic E-state index is 0.142. The summed E-state index contributed by atoms with van der Waals surface area (Å²) in [5.41, 5.74) is 1.65. The van der Waals surface area contributed by atoms with E-state index in [1.54, 1.807) is 6.07 Å². The highest BCUT2D eigenvalue weighted by atomic mass is 16.5. The molecule has 1 saturated heterocycles. The fraction of sp³-hybridized carbons (Fsp3) is 0.526. The average Bonchev–Trinajstić information content (AvgIpc) is 3.13. The van der Waals surface area contributed by atoms with Gasteiger partial charge in [-0.15, -0.1) is 0 Å². The summed E-state index contributed by atoms with van der Waals surface area (Å²) < 4.78 is 5.21. The molecule has 25 heavy (non-hydrogen) atoms. The van der Waals surface area contributed by atoms with Crippen molar-refractivity contribution in [3.8, 4) is 0 Å². The number of carbonyl (C=O) groups excluding carboxylic acids is 1. The van der Waals surface area contributed by atoms with Gasteiger partial charge < -0.3 is 9.84 Å². The van der Waals surface area contributed by atoms with E-state index in [4.69, 9.17) is 4.52 Å². The summed E-state index contributed by atoms with van der Waals surface area (Å²) in [5.74, 6) is 0.828. The van der Waals surface area contributed by atoms with Crippen molar-refractivity contribution in [3.05, 3.63) is 47.6 Å². The van der Waals surface area contributed by atoms with E-state index in [2.05, 4.69) is 39.4 Å². The first-order valence-corrected chi connectivity index (χ1v) is 8.96. The maximum atomic E-state index is 12.3. The largest absolute Gasteiger partial charge is 0.360 e. The second kappa shape index (κ2) is 7.78. The lowest BCUT2D eigenvalue weighted by Crippen LogP contribution is -2.45. The number of likely N-dealkylation sites (tertiary alicyclic amines) is 1. The molecule has 1 aliphatic rings. The van der Waals surface area contributed by atoms with Crippen LogP contribution in [-0.4, -0.2) is 40.1 Å². The third kappa shape index (κ3) is 4.25. The van der Waals surface area contributed by atoms with E-state index in [0.29, 0.717) is 11.7 Å². The van der Waals surface area contributed by atoms with Crippen LogP contribution in [0.25, 0.3) is 0 Å². The fourth-order valence-corrected chi connectivity index (χ4v) is 3.21. The van der Waals surface area contributed by atoms with Gasteiger partial charge in [-0.25, -0.2) is 0 Å². The number of pyridine rings is 1. The van der Waals surface area contributed by atoms with Gasteiger partial charge in [0.2, 0.25) is 0 Å². The molecule has 1 amide bonds. The van der Waals surface area contributed by atoms with Gasteiger partial charge in [0.05, 0.1) is 0 Å². The Hall–Kier alpha value is -2.21. The quantitative estimate of drug-likeness (QED) is 0.904. The van der Waals surface area contributed by atoms with Crippen molar-refractivity contribution in [1.82, 2.24) is 20.4 Å². The monoisotopic (exact) mass is 342 g/mol. The molecule has 0 unspecified atom stereocenters. The predicted molar refractivity (Wildman–Crippen MR) is 95.3 cm³/mol. The molecule has 6 nitrogen and oxygen atoms in total. The molecule has 0 spiro atoms. The summed E-state index contributed by atoms with van der Waals surface area (Å²) in [7, 11) is 0. The average molecular weight is 342 g/mol. The predicted octanol–water partition coefficient (Wildman–Crippen LogP) is 3.15. The van der Waals surface area contributed by atoms with Crippen LogP contribution in [0.15, 0.2) is 35.1 Å². The smallest absolute Gasteiger partial charge is 0.273 e. The maximum Gasteiger partial charge on any atom is 0.273 e. The summed E-state index contributed by atoms with van der Waals surface area (Å²) >= 11 is 0. The zero-order valence-corrected chi connectivity index (χ0v) is 15.1. The van der Waals surface area contributed by atoms with Crippen LogP contribution in [0.5, 0.6) is 0 Å². The first-order valence-electron chi connectivity index (χ1n) is 8.96. The highest BCUT2D eigenvalue weighted by Crippen LogP contribution is 2.24. The lowest BCUT2D eigenvalue weighted by atomic mass is 10.0. The Morgan fingerprint density at radius 1 is 1.24 bits per heavy atom. The molecule has 6 heteroatoms. The molecule has 1 N–H and O–H groups in total. The Morgan fingerprint density at radius 2 is 1.92 bits per heavy atom. The van der Waals surface area contributed by atoms with Crippen LogP contribution < -0.4 is 5.32 Å². The van der Waals surface area contributed by atoms with Gasteiger partial charge >= 0.3 is 0 Å². The number of rotatable bonds is 5. The Bertz CT molecular complexity index is 690. The Kier molecular flexibility index (Phi) is 5.48.